The van der Waals surface area contributed by atoms with Crippen LogP contribution in [0, 0.1) is 0 Å². The molecule has 7 nitrogen and oxygen atoms in total. The maximum absolute atomic E-state index is 6.22. The molecular formula is C18H20N4O3. The second-order valence-corrected chi connectivity index (χ2v) is 5.36. The van der Waals surface area contributed by atoms with E-state index in [0.29, 0.717) is 11.6 Å². The van der Waals surface area contributed by atoms with E-state index in [2.05, 4.69) is 15.2 Å². The largest absolute Gasteiger partial charge is 0.497 e. The fraction of sp³-hybridized carbons (Fsp3) is 0.222. The maximum atomic E-state index is 6.22. The van der Waals surface area contributed by atoms with Crippen LogP contribution < -0.4 is 19.9 Å². The SMILES string of the molecule is COc1ccc(OCc2nc([C@H](N)c3ccc(OC)cc3)n[nH]2)cc1. The summed E-state index contributed by atoms with van der Waals surface area (Å²) in [4.78, 5) is 4.41. The number of hydrogen-bond donors (Lipinski definition) is 2. The fourth-order valence-electron chi connectivity index (χ4n) is 2.30. The topological polar surface area (TPSA) is 95.3 Å². The van der Waals surface area contributed by atoms with E-state index in [9.17, 15) is 0 Å². The molecule has 0 unspecified atom stereocenters. The Labute approximate surface area is 145 Å². The van der Waals surface area contributed by atoms with Gasteiger partial charge in [0.1, 0.15) is 23.9 Å². The van der Waals surface area contributed by atoms with Crippen molar-refractivity contribution < 1.29 is 14.2 Å². The molecule has 0 aliphatic rings. The highest BCUT2D eigenvalue weighted by atomic mass is 16.5. The third kappa shape index (κ3) is 4.07. The van der Waals surface area contributed by atoms with Crippen LogP contribution in [-0.4, -0.2) is 29.4 Å². The highest BCUT2D eigenvalue weighted by Crippen LogP contribution is 2.20. The number of aromatic amines is 1. The van der Waals surface area contributed by atoms with E-state index in [-0.39, 0.29) is 6.61 Å². The van der Waals surface area contributed by atoms with Crippen LogP contribution in [0.2, 0.25) is 0 Å². The lowest BCUT2D eigenvalue weighted by atomic mass is 10.1. The Hall–Kier alpha value is -3.06. The van der Waals surface area contributed by atoms with Gasteiger partial charge in [0.15, 0.2) is 11.6 Å². The molecule has 0 radical (unpaired) electrons. The van der Waals surface area contributed by atoms with Gasteiger partial charge in [-0.2, -0.15) is 5.10 Å². The van der Waals surface area contributed by atoms with Crippen LogP contribution in [0.3, 0.4) is 0 Å². The Morgan fingerprint density at radius 3 is 2.08 bits per heavy atom. The van der Waals surface area contributed by atoms with Crippen molar-refractivity contribution in [3.05, 3.63) is 65.7 Å². The number of rotatable bonds is 7. The van der Waals surface area contributed by atoms with Gasteiger partial charge in [-0.15, -0.1) is 0 Å². The third-order valence-corrected chi connectivity index (χ3v) is 3.74. The van der Waals surface area contributed by atoms with Crippen molar-refractivity contribution in [1.29, 1.82) is 0 Å². The second-order valence-electron chi connectivity index (χ2n) is 5.36. The minimum absolute atomic E-state index is 0.272. The Bertz CT molecular complexity index is 800. The molecule has 1 heterocycles. The van der Waals surface area contributed by atoms with Gasteiger partial charge in [0.2, 0.25) is 0 Å². The molecule has 0 aliphatic heterocycles. The zero-order chi connectivity index (χ0) is 17.6. The van der Waals surface area contributed by atoms with Crippen molar-refractivity contribution in [2.24, 2.45) is 5.73 Å². The van der Waals surface area contributed by atoms with Gasteiger partial charge < -0.3 is 19.9 Å². The summed E-state index contributed by atoms with van der Waals surface area (Å²) in [6, 6.07) is 14.4. The monoisotopic (exact) mass is 340 g/mol. The number of benzene rings is 2. The number of ether oxygens (including phenoxy) is 3. The predicted octanol–water partition coefficient (Wildman–Crippen LogP) is 2.45. The molecule has 1 atom stereocenters. The average Bonchev–Trinajstić information content (AvgIpc) is 3.15. The first-order chi connectivity index (χ1) is 12.2. The molecule has 0 saturated carbocycles. The lowest BCUT2D eigenvalue weighted by Gasteiger charge is -2.08. The molecule has 3 aromatic rings. The number of hydrogen-bond acceptors (Lipinski definition) is 6. The Balaban J connectivity index is 1.62. The van der Waals surface area contributed by atoms with Crippen LogP contribution in [0.1, 0.15) is 23.3 Å². The van der Waals surface area contributed by atoms with Gasteiger partial charge in [-0.3, -0.25) is 5.10 Å². The number of aromatic nitrogens is 3. The standard InChI is InChI=1S/C18H20N4O3/c1-23-13-5-3-12(4-6-13)17(19)18-20-16(21-22-18)11-25-15-9-7-14(24-2)8-10-15/h3-10,17H,11,19H2,1-2H3,(H,20,21,22)/t17-/m1/s1. The first-order valence-corrected chi connectivity index (χ1v) is 7.77. The Kier molecular flexibility index (Phi) is 5.15. The molecule has 0 aliphatic carbocycles. The van der Waals surface area contributed by atoms with Crippen LogP contribution in [0.15, 0.2) is 48.5 Å². The summed E-state index contributed by atoms with van der Waals surface area (Å²) in [5.74, 6) is 3.39. The van der Waals surface area contributed by atoms with Crippen molar-refractivity contribution in [3.63, 3.8) is 0 Å². The number of H-pyrrole nitrogens is 1. The second kappa shape index (κ2) is 7.67. The quantitative estimate of drug-likeness (QED) is 0.686. The number of methoxy groups -OCH3 is 2. The minimum atomic E-state index is -0.420. The van der Waals surface area contributed by atoms with Gasteiger partial charge in [-0.05, 0) is 42.0 Å². The summed E-state index contributed by atoms with van der Waals surface area (Å²) in [5.41, 5.74) is 7.12. The van der Waals surface area contributed by atoms with Crippen LogP contribution in [0.4, 0.5) is 0 Å². The van der Waals surface area contributed by atoms with E-state index in [1.807, 2.05) is 48.5 Å². The summed E-state index contributed by atoms with van der Waals surface area (Å²) in [6.07, 6.45) is 0. The lowest BCUT2D eigenvalue weighted by molar-refractivity contribution is 0.295. The normalized spacial score (nSPS) is 11.8. The van der Waals surface area contributed by atoms with E-state index >= 15 is 0 Å². The van der Waals surface area contributed by atoms with Gasteiger partial charge >= 0.3 is 0 Å². The average molecular weight is 340 g/mol. The van der Waals surface area contributed by atoms with E-state index in [4.69, 9.17) is 19.9 Å². The Morgan fingerprint density at radius 1 is 0.920 bits per heavy atom. The lowest BCUT2D eigenvalue weighted by Crippen LogP contribution is -2.13. The number of nitrogens with two attached hydrogens (primary N) is 1. The van der Waals surface area contributed by atoms with E-state index < -0.39 is 6.04 Å². The van der Waals surface area contributed by atoms with E-state index in [1.54, 1.807) is 14.2 Å². The van der Waals surface area contributed by atoms with Crippen LogP contribution in [0.5, 0.6) is 17.2 Å². The molecule has 25 heavy (non-hydrogen) atoms. The first kappa shape index (κ1) is 16.8. The molecule has 0 bridgehead atoms. The molecule has 2 aromatic carbocycles. The van der Waals surface area contributed by atoms with Gasteiger partial charge in [-0.25, -0.2) is 4.98 Å². The summed E-state index contributed by atoms with van der Waals surface area (Å²) >= 11 is 0. The number of nitrogens with zero attached hydrogens (tertiary/aromatic N) is 2. The molecule has 3 rings (SSSR count). The van der Waals surface area contributed by atoms with Crippen LogP contribution in [0.25, 0.3) is 0 Å². The molecular weight excluding hydrogens is 320 g/mol. The predicted molar refractivity (Wildman–Crippen MR) is 92.7 cm³/mol. The molecule has 0 spiro atoms. The van der Waals surface area contributed by atoms with Crippen molar-refractivity contribution in [2.75, 3.05) is 14.2 Å². The van der Waals surface area contributed by atoms with Crippen molar-refractivity contribution >= 4 is 0 Å². The van der Waals surface area contributed by atoms with Crippen molar-refractivity contribution in [3.8, 4) is 17.2 Å². The van der Waals surface area contributed by atoms with E-state index in [1.165, 1.54) is 0 Å². The number of nitrogens with one attached hydrogen (secondary N) is 1. The van der Waals surface area contributed by atoms with Crippen LogP contribution >= 0.6 is 0 Å². The van der Waals surface area contributed by atoms with Gasteiger partial charge in [-0.1, -0.05) is 12.1 Å². The highest BCUT2D eigenvalue weighted by molar-refractivity contribution is 5.32. The van der Waals surface area contributed by atoms with Crippen molar-refractivity contribution in [1.82, 2.24) is 15.2 Å². The molecule has 7 heteroatoms. The molecule has 3 N–H and O–H groups in total. The van der Waals surface area contributed by atoms with E-state index in [0.717, 1.165) is 22.8 Å². The van der Waals surface area contributed by atoms with Gasteiger partial charge in [0, 0.05) is 0 Å². The Morgan fingerprint density at radius 2 is 1.48 bits per heavy atom. The molecule has 0 fully saturated rings. The molecule has 0 saturated heterocycles. The minimum Gasteiger partial charge on any atom is -0.497 e. The smallest absolute Gasteiger partial charge is 0.172 e. The summed E-state index contributed by atoms with van der Waals surface area (Å²) in [5, 5.41) is 7.04. The van der Waals surface area contributed by atoms with Crippen molar-refractivity contribution in [2.45, 2.75) is 12.6 Å². The summed E-state index contributed by atoms with van der Waals surface area (Å²) < 4.78 is 15.9. The zero-order valence-corrected chi connectivity index (χ0v) is 14.1. The van der Waals surface area contributed by atoms with Gasteiger partial charge in [0.05, 0.1) is 20.3 Å². The molecule has 130 valence electrons. The zero-order valence-electron chi connectivity index (χ0n) is 14.1. The highest BCUT2D eigenvalue weighted by Gasteiger charge is 2.15. The van der Waals surface area contributed by atoms with Crippen LogP contribution in [-0.2, 0) is 6.61 Å². The molecule has 1 aromatic heterocycles. The summed E-state index contributed by atoms with van der Waals surface area (Å²) in [7, 11) is 3.25. The fourth-order valence-corrected chi connectivity index (χ4v) is 2.30. The summed E-state index contributed by atoms with van der Waals surface area (Å²) in [6.45, 7) is 0.272. The maximum Gasteiger partial charge on any atom is 0.172 e. The first-order valence-electron chi connectivity index (χ1n) is 7.77. The van der Waals surface area contributed by atoms with Gasteiger partial charge in [0.25, 0.3) is 0 Å². The third-order valence-electron chi connectivity index (χ3n) is 3.74. The molecule has 0 amide bonds.